The van der Waals surface area contributed by atoms with Crippen molar-refractivity contribution in [3.63, 3.8) is 0 Å². The van der Waals surface area contributed by atoms with Crippen molar-refractivity contribution in [2.75, 3.05) is 6.54 Å². The van der Waals surface area contributed by atoms with Gasteiger partial charge in [0.2, 0.25) is 10.0 Å². The minimum absolute atomic E-state index is 0. The van der Waals surface area contributed by atoms with Crippen LogP contribution in [0.5, 0.6) is 0 Å². The second kappa shape index (κ2) is 7.74. The van der Waals surface area contributed by atoms with Gasteiger partial charge in [0.15, 0.2) is 0 Å². The molecule has 0 amide bonds. The van der Waals surface area contributed by atoms with Crippen LogP contribution in [-0.4, -0.2) is 21.0 Å². The van der Waals surface area contributed by atoms with Crippen LogP contribution in [0.15, 0.2) is 23.1 Å². The lowest BCUT2D eigenvalue weighted by molar-refractivity contribution is 0.296. The van der Waals surface area contributed by atoms with Crippen molar-refractivity contribution in [1.82, 2.24) is 4.72 Å². The van der Waals surface area contributed by atoms with Gasteiger partial charge in [0.1, 0.15) is 5.82 Å². The molecule has 3 N–H and O–H groups in total. The predicted octanol–water partition coefficient (Wildman–Crippen LogP) is 2.70. The van der Waals surface area contributed by atoms with Crippen molar-refractivity contribution < 1.29 is 12.8 Å². The molecular weight excluding hydrogens is 338 g/mol. The Kier molecular flexibility index (Phi) is 6.87. The quantitative estimate of drug-likeness (QED) is 0.870. The Hall–Kier alpha value is -0.400. The number of sulfonamides is 1. The normalized spacial score (nSPS) is 22.6. The Morgan fingerprint density at radius 2 is 1.95 bits per heavy atom. The number of hydrogen-bond donors (Lipinski definition) is 2. The van der Waals surface area contributed by atoms with Crippen LogP contribution in [-0.2, 0) is 10.0 Å². The highest BCUT2D eigenvalue weighted by Gasteiger charge is 2.28. The molecule has 1 fully saturated rings. The highest BCUT2D eigenvalue weighted by Crippen LogP contribution is 2.26. The fraction of sp³-hybridized carbons (Fsp3) is 0.538. The molecule has 0 aliphatic heterocycles. The number of rotatable bonds is 4. The van der Waals surface area contributed by atoms with E-state index >= 15 is 0 Å². The third-order valence-electron chi connectivity index (χ3n) is 3.66. The van der Waals surface area contributed by atoms with E-state index in [4.69, 9.17) is 17.3 Å². The average molecular weight is 357 g/mol. The Balaban J connectivity index is 0.00000220. The van der Waals surface area contributed by atoms with Gasteiger partial charge in [0.05, 0.1) is 4.90 Å². The van der Waals surface area contributed by atoms with Crippen molar-refractivity contribution in [2.45, 2.75) is 36.6 Å². The molecule has 0 spiro atoms. The van der Waals surface area contributed by atoms with E-state index in [0.29, 0.717) is 6.54 Å². The van der Waals surface area contributed by atoms with Crippen LogP contribution < -0.4 is 10.5 Å². The number of benzene rings is 1. The fourth-order valence-corrected chi connectivity index (χ4v) is 4.28. The lowest BCUT2D eigenvalue weighted by Gasteiger charge is -2.31. The molecular formula is C13H19Cl2FN2O2S. The first-order valence-electron chi connectivity index (χ1n) is 6.61. The van der Waals surface area contributed by atoms with Crippen LogP contribution in [0.4, 0.5) is 4.39 Å². The lowest BCUT2D eigenvalue weighted by Crippen LogP contribution is -2.44. The first kappa shape index (κ1) is 18.6. The second-order valence-electron chi connectivity index (χ2n) is 5.11. The van der Waals surface area contributed by atoms with Gasteiger partial charge in [0, 0.05) is 11.1 Å². The molecule has 8 heteroatoms. The summed E-state index contributed by atoms with van der Waals surface area (Å²) in [5.74, 6) is -0.542. The number of halogens is 3. The van der Waals surface area contributed by atoms with E-state index in [1.54, 1.807) is 0 Å². The molecule has 0 bridgehead atoms. The van der Waals surface area contributed by atoms with Crippen LogP contribution in [0.25, 0.3) is 0 Å². The highest BCUT2D eigenvalue weighted by molar-refractivity contribution is 7.89. The van der Waals surface area contributed by atoms with Gasteiger partial charge in [-0.15, -0.1) is 12.4 Å². The Bertz CT molecular complexity index is 563. The summed E-state index contributed by atoms with van der Waals surface area (Å²) in [6.45, 7) is 0.442. The van der Waals surface area contributed by atoms with Gasteiger partial charge in [-0.25, -0.2) is 17.5 Å². The summed E-state index contributed by atoms with van der Waals surface area (Å²) < 4.78 is 40.5. The number of hydrogen-bond acceptors (Lipinski definition) is 3. The van der Waals surface area contributed by atoms with Crippen molar-refractivity contribution >= 4 is 34.0 Å². The summed E-state index contributed by atoms with van der Waals surface area (Å²) in [5, 5.41) is 0.0596. The maximum Gasteiger partial charge on any atom is 0.240 e. The predicted molar refractivity (Wildman–Crippen MR) is 83.8 cm³/mol. The maximum absolute atomic E-state index is 13.3. The summed E-state index contributed by atoms with van der Waals surface area (Å²) in [5.41, 5.74) is 5.68. The van der Waals surface area contributed by atoms with Crippen LogP contribution in [0.3, 0.4) is 0 Å². The van der Waals surface area contributed by atoms with E-state index in [9.17, 15) is 12.8 Å². The summed E-state index contributed by atoms with van der Waals surface area (Å²) >= 11 is 5.70. The molecule has 120 valence electrons. The molecule has 21 heavy (non-hydrogen) atoms. The molecule has 0 aromatic heterocycles. The summed E-state index contributed by atoms with van der Waals surface area (Å²) in [4.78, 5) is -0.149. The second-order valence-corrected chi connectivity index (χ2v) is 7.26. The van der Waals surface area contributed by atoms with Crippen LogP contribution in [0.2, 0.25) is 5.02 Å². The van der Waals surface area contributed by atoms with Gasteiger partial charge in [-0.05, 0) is 43.5 Å². The van der Waals surface area contributed by atoms with E-state index in [0.717, 1.165) is 37.8 Å². The summed E-state index contributed by atoms with van der Waals surface area (Å²) in [6, 6.07) is 3.09. The Labute approximate surface area is 135 Å². The van der Waals surface area contributed by atoms with E-state index in [-0.39, 0.29) is 34.3 Å². The molecule has 2 unspecified atom stereocenters. The minimum atomic E-state index is -3.78. The monoisotopic (exact) mass is 356 g/mol. The molecule has 1 saturated carbocycles. The number of nitrogens with one attached hydrogen (secondary N) is 1. The first-order valence-corrected chi connectivity index (χ1v) is 8.47. The smallest absolute Gasteiger partial charge is 0.240 e. The molecule has 0 heterocycles. The largest absolute Gasteiger partial charge is 0.330 e. The van der Waals surface area contributed by atoms with E-state index < -0.39 is 15.8 Å². The summed E-state index contributed by atoms with van der Waals surface area (Å²) in [6.07, 6.45) is 3.69. The van der Waals surface area contributed by atoms with Crippen molar-refractivity contribution in [1.29, 1.82) is 0 Å². The molecule has 1 aliphatic rings. The van der Waals surface area contributed by atoms with Gasteiger partial charge >= 0.3 is 0 Å². The molecule has 1 aromatic carbocycles. The molecule has 1 aromatic rings. The molecule has 4 nitrogen and oxygen atoms in total. The van der Waals surface area contributed by atoms with Crippen molar-refractivity contribution in [3.05, 3.63) is 29.0 Å². The van der Waals surface area contributed by atoms with Crippen LogP contribution in [0, 0.1) is 11.7 Å². The standard InChI is InChI=1S/C13H18ClFN2O2S.ClH/c14-10-5-11(15)7-12(6-10)20(18,19)17-13-4-2-1-3-9(13)8-16;/h5-7,9,13,17H,1-4,8,16H2;1H. The van der Waals surface area contributed by atoms with Gasteiger partial charge < -0.3 is 5.73 Å². The number of nitrogens with two attached hydrogens (primary N) is 1. The fourth-order valence-electron chi connectivity index (χ4n) is 2.60. The zero-order chi connectivity index (χ0) is 14.8. The summed E-state index contributed by atoms with van der Waals surface area (Å²) in [7, 11) is -3.78. The Morgan fingerprint density at radius 3 is 2.57 bits per heavy atom. The van der Waals surface area contributed by atoms with E-state index in [1.807, 2.05) is 0 Å². The van der Waals surface area contributed by atoms with E-state index in [2.05, 4.69) is 4.72 Å². The van der Waals surface area contributed by atoms with Crippen molar-refractivity contribution in [2.24, 2.45) is 11.7 Å². The van der Waals surface area contributed by atoms with Gasteiger partial charge in [-0.2, -0.15) is 0 Å². The van der Waals surface area contributed by atoms with Gasteiger partial charge in [0.25, 0.3) is 0 Å². The van der Waals surface area contributed by atoms with Gasteiger partial charge in [-0.1, -0.05) is 24.4 Å². The third-order valence-corrected chi connectivity index (χ3v) is 5.35. The average Bonchev–Trinajstić information content (AvgIpc) is 2.38. The molecule has 2 rings (SSSR count). The van der Waals surface area contributed by atoms with Crippen LogP contribution >= 0.6 is 24.0 Å². The van der Waals surface area contributed by atoms with Crippen LogP contribution in [0.1, 0.15) is 25.7 Å². The third kappa shape index (κ3) is 4.79. The molecule has 2 atom stereocenters. The van der Waals surface area contributed by atoms with Gasteiger partial charge in [-0.3, -0.25) is 0 Å². The molecule has 1 aliphatic carbocycles. The lowest BCUT2D eigenvalue weighted by atomic mass is 9.85. The zero-order valence-corrected chi connectivity index (χ0v) is 13.8. The SMILES string of the molecule is Cl.NCC1CCCCC1NS(=O)(=O)c1cc(F)cc(Cl)c1. The molecule has 0 radical (unpaired) electrons. The maximum atomic E-state index is 13.3. The molecule has 0 saturated heterocycles. The topological polar surface area (TPSA) is 72.2 Å². The minimum Gasteiger partial charge on any atom is -0.330 e. The van der Waals surface area contributed by atoms with E-state index in [1.165, 1.54) is 6.07 Å². The first-order chi connectivity index (χ1) is 9.42. The zero-order valence-electron chi connectivity index (χ0n) is 11.4. The Morgan fingerprint density at radius 1 is 1.29 bits per heavy atom. The van der Waals surface area contributed by atoms with Crippen molar-refractivity contribution in [3.8, 4) is 0 Å². The highest BCUT2D eigenvalue weighted by atomic mass is 35.5.